The van der Waals surface area contributed by atoms with Gasteiger partial charge in [-0.2, -0.15) is 0 Å². The van der Waals surface area contributed by atoms with Crippen molar-refractivity contribution in [2.45, 2.75) is 240 Å². The molecule has 0 aliphatic rings. The van der Waals surface area contributed by atoms with E-state index in [2.05, 4.69) is 50.2 Å². The quantitative estimate of drug-likeness (QED) is 0.121. The highest BCUT2D eigenvalue weighted by Gasteiger charge is 2.21. The first-order valence-electron chi connectivity index (χ1n) is 64.1. The van der Waals surface area contributed by atoms with Crippen LogP contribution in [0.2, 0.25) is 0 Å². The van der Waals surface area contributed by atoms with Gasteiger partial charge in [0, 0.05) is 54.8 Å². The monoisotopic (exact) mass is 1780 g/mol. The Morgan fingerprint density at radius 1 is 0.197 bits per heavy atom. The summed E-state index contributed by atoms with van der Waals surface area (Å²) >= 11 is 0. The van der Waals surface area contributed by atoms with E-state index in [1.54, 1.807) is 130 Å². The molecule has 0 heteroatoms. The first-order valence-corrected chi connectivity index (χ1v) is 44.1. The molecule has 0 fully saturated rings. The van der Waals surface area contributed by atoms with E-state index in [1.807, 2.05) is 295 Å². The van der Waals surface area contributed by atoms with Crippen LogP contribution in [-0.2, 0) is 16.2 Å². The maximum Gasteiger partial charge on any atom is 0.0347 e. The van der Waals surface area contributed by atoms with Crippen LogP contribution in [0.5, 0.6) is 0 Å². The minimum atomic E-state index is -3.28. The lowest BCUT2D eigenvalue weighted by atomic mass is 9.81. The number of benzene rings is 16. The molecule has 0 aliphatic carbocycles. The van der Waals surface area contributed by atoms with Gasteiger partial charge < -0.3 is 0 Å². The molecule has 0 unspecified atom stereocenters. The SMILES string of the molecule is [2H]C(C)(C)c1cc(-c2ccccc2)cc(C([2H])(C)C)c1C.[2H]C(C)(C)c1ccc(C)cc1.[2H]C(C)(C)c1cccc(C)c1.[2H]C([2H])([2H])C(c1cc(C)cc(-c2ccccc2)c1)(C([2H])([2H])[2H])C([2H])([2H])[2H].[2H]C([2H])([2H])C(c1ccc(-c2ccccc2)cc1C)(C([2H])([2H])[2H])C([2H])([2H])[2H].[2H]C([2H])([2H])C(c1ccc(C)cc1-c1ccccc1)(C([2H])([2H])[2H])C([2H])([2H])[2H].[2H]C([2H])([2H])c1cc(C)cc(-c2ccccc2)c1.[2H]C([2H])([2H])c1ccc(-c2ccccc2)cc1C.[2H]C([2H])([2H])c1ccc(C)cc1-c1ccccc1. The molecule has 0 saturated carbocycles. The van der Waals surface area contributed by atoms with Crippen molar-refractivity contribution in [3.05, 3.63) is 488 Å². The molecule has 0 aliphatic heterocycles. The topological polar surface area (TPSA) is 0 Å². The van der Waals surface area contributed by atoms with E-state index in [4.69, 9.17) is 54.8 Å². The highest BCUT2D eigenvalue weighted by atomic mass is 14.3. The summed E-state index contributed by atoms with van der Waals surface area (Å²) in [5.74, 6) is -2.27. The molecule has 16 aromatic rings. The summed E-state index contributed by atoms with van der Waals surface area (Å²) in [4.78, 5) is 0. The van der Waals surface area contributed by atoms with Crippen molar-refractivity contribution in [3.8, 4) is 77.9 Å². The summed E-state index contributed by atoms with van der Waals surface area (Å²) in [6.45, 7) is -3.38. The molecule has 0 aromatic heterocycles. The average molecular weight is 1780 g/mol. The van der Waals surface area contributed by atoms with Crippen LogP contribution < -0.4 is 0 Å². The lowest BCUT2D eigenvalue weighted by Gasteiger charge is -2.23. The van der Waals surface area contributed by atoms with E-state index >= 15 is 0 Å². The fraction of sp³-hybridized carbons (Fsp3) is 0.273. The smallest absolute Gasteiger partial charge is 0.0347 e. The van der Waals surface area contributed by atoms with Crippen LogP contribution >= 0.6 is 0 Å². The molecule has 0 spiro atoms. The van der Waals surface area contributed by atoms with Crippen molar-refractivity contribution in [2.75, 3.05) is 0 Å². The first-order chi connectivity index (χ1) is 78.7. The van der Waals surface area contributed by atoms with Gasteiger partial charge in [0.1, 0.15) is 0 Å². The Morgan fingerprint density at radius 2 is 0.553 bits per heavy atom. The van der Waals surface area contributed by atoms with Gasteiger partial charge in [-0.05, 0) is 267 Å². The summed E-state index contributed by atoms with van der Waals surface area (Å²) in [7, 11) is 0. The predicted octanol–water partition coefficient (Wildman–Crippen LogP) is 38.9. The average Bonchev–Trinajstić information content (AvgIpc) is 0.673. The zero-order chi connectivity index (χ0) is 130. The lowest BCUT2D eigenvalue weighted by molar-refractivity contribution is 0.586. The van der Waals surface area contributed by atoms with E-state index in [0.29, 0.717) is 44.5 Å². The molecule has 0 radical (unpaired) electrons. The number of hydrogen-bond donors (Lipinski definition) is 0. The highest BCUT2D eigenvalue weighted by molar-refractivity contribution is 5.73. The summed E-state index contributed by atoms with van der Waals surface area (Å²) in [6, 6.07) is 117. The molecule has 0 bridgehead atoms. The van der Waals surface area contributed by atoms with Gasteiger partial charge in [0.05, 0.1) is 0 Å². The van der Waals surface area contributed by atoms with Crippen LogP contribution in [0.3, 0.4) is 0 Å². The van der Waals surface area contributed by atoms with Gasteiger partial charge in [-0.1, -0.05) is 538 Å². The maximum atomic E-state index is 8.41. The predicted molar refractivity (Wildman–Crippen MR) is 585 cm³/mol. The van der Waals surface area contributed by atoms with Gasteiger partial charge in [0.25, 0.3) is 0 Å². The Hall–Kier alpha value is -12.5. The van der Waals surface area contributed by atoms with E-state index in [0.717, 1.165) is 111 Å². The molecule has 0 heterocycles. The summed E-state index contributed by atoms with van der Waals surface area (Å²) < 4.78 is 312. The Kier molecular flexibility index (Phi) is 23.3. The van der Waals surface area contributed by atoms with Gasteiger partial charge in [-0.15, -0.1) is 0 Å². The molecule has 0 amide bonds. The van der Waals surface area contributed by atoms with E-state index in [9.17, 15) is 0 Å². The second-order valence-corrected chi connectivity index (χ2v) is 34.1. The molecule has 0 saturated heterocycles. The van der Waals surface area contributed by atoms with Gasteiger partial charge in [0.15, 0.2) is 0 Å². The van der Waals surface area contributed by atoms with E-state index in [-0.39, 0.29) is 16.7 Å². The molecule has 132 heavy (non-hydrogen) atoms. The van der Waals surface area contributed by atoms with Crippen LogP contribution in [0.4, 0.5) is 0 Å². The van der Waals surface area contributed by atoms with E-state index in [1.165, 1.54) is 35.4 Å². The molecule has 0 nitrogen and oxygen atoms in total. The zero-order valence-electron chi connectivity index (χ0n) is 119. The zero-order valence-corrected chi connectivity index (χ0v) is 79.4. The maximum absolute atomic E-state index is 8.41. The van der Waals surface area contributed by atoms with Crippen molar-refractivity contribution in [1.82, 2.24) is 0 Å². The summed E-state index contributed by atoms with van der Waals surface area (Å²) in [6.07, 6.45) is 0. The number of aryl methyl sites for hydroxylation is 11. The van der Waals surface area contributed by atoms with Crippen LogP contribution in [0.25, 0.3) is 77.9 Å². The molecule has 682 valence electrons. The fourth-order valence-electron chi connectivity index (χ4n) is 14.5. The van der Waals surface area contributed by atoms with Crippen molar-refractivity contribution in [2.24, 2.45) is 0 Å². The Morgan fingerprint density at radius 3 is 0.962 bits per heavy atom. The van der Waals surface area contributed by atoms with Gasteiger partial charge in [-0.25, -0.2) is 0 Å². The molecule has 0 N–H and O–H groups in total. The van der Waals surface area contributed by atoms with Crippen molar-refractivity contribution in [3.63, 3.8) is 0 Å². The molecular formula is C132H154. The second-order valence-electron chi connectivity index (χ2n) is 34.1. The molecule has 16 aromatic carbocycles. The lowest BCUT2D eigenvalue weighted by Crippen LogP contribution is -2.12. The largest absolute Gasteiger partial charge is 0.0622 e. The Balaban J connectivity index is 0.000000236. The van der Waals surface area contributed by atoms with Crippen molar-refractivity contribution < 1.29 is 54.8 Å². The van der Waals surface area contributed by atoms with Crippen molar-refractivity contribution >= 4 is 0 Å². The fourth-order valence-corrected chi connectivity index (χ4v) is 14.5. The van der Waals surface area contributed by atoms with Crippen LogP contribution in [-0.4, -0.2) is 0 Å². The first kappa shape index (κ1) is 60.5. The standard InChI is InChI=1S/C19H24.3C17H20.3C14H14.2C10H14/c1-13(2)18-11-17(16-9-7-6-8-10-16)12-19(14(3)4)15(18)5;1-13-10-15(14-8-6-5-7-9-14)12-16(11-13)17(2,3)4;1-13-12-15(14-8-6-5-7-9-14)10-11-16(13)17(2,3)4;1-13-10-11-16(17(2,3)4)15(12-13)14-8-6-5-7-9-14;1-11-8-12(2)10-14(9-11)13-6-4-3-5-7-13;1-11-8-9-14(10-12(11)2)13-6-4-3-5-7-13;1-11-8-9-12(2)14(10-11)13-6-4-3-5-7-13;1-8(2)10-6-4-9(3)5-7-10;1-8(2)10-6-4-5-9(3)7-10/h6-14H,1-5H3;3*5-12H,1-4H3;3*3-10H,1-2H3;2*4-8H,1-3H3/i13D,14D;3*2D3,3D3,4D3;2*1D3;2D3;2*8D. The third kappa shape index (κ3) is 33.7. The van der Waals surface area contributed by atoms with Gasteiger partial charge in [0.2, 0.25) is 0 Å². The number of rotatable bonds is 11. The van der Waals surface area contributed by atoms with Gasteiger partial charge in [-0.3, -0.25) is 0 Å². The minimum Gasteiger partial charge on any atom is -0.0622 e. The Labute approximate surface area is 857 Å². The highest BCUT2D eigenvalue weighted by Crippen LogP contribution is 2.38. The second kappa shape index (κ2) is 50.8. The Bertz CT molecular complexity index is 7700. The van der Waals surface area contributed by atoms with Crippen LogP contribution in [0.1, 0.15) is 301 Å². The third-order valence-corrected chi connectivity index (χ3v) is 21.6. The molecular weight excluding hydrogens is 1590 g/mol. The van der Waals surface area contributed by atoms with Crippen LogP contribution in [0.15, 0.2) is 382 Å². The third-order valence-electron chi connectivity index (χ3n) is 21.6. The van der Waals surface area contributed by atoms with Crippen LogP contribution in [0, 0.1) is 82.9 Å². The summed E-state index contributed by atoms with van der Waals surface area (Å²) in [5, 5.41) is 0. The van der Waals surface area contributed by atoms with E-state index < -0.39 is 122 Å². The normalized spacial score (nSPS) is 16.8. The molecule has 0 atom stereocenters. The minimum absolute atomic E-state index is 0.197. The molecule has 16 rings (SSSR count). The van der Waals surface area contributed by atoms with Gasteiger partial charge >= 0.3 is 0 Å². The number of hydrogen-bond acceptors (Lipinski definition) is 0. The van der Waals surface area contributed by atoms with Crippen molar-refractivity contribution in [1.29, 1.82) is 0 Å². The summed E-state index contributed by atoms with van der Waals surface area (Å²) in [5.41, 5.74) is 15.8.